The van der Waals surface area contributed by atoms with Crippen LogP contribution in [-0.4, -0.2) is 29.0 Å². The third-order valence-electron chi connectivity index (χ3n) is 5.48. The predicted octanol–water partition coefficient (Wildman–Crippen LogP) is 4.80. The van der Waals surface area contributed by atoms with Gasteiger partial charge >= 0.3 is 0 Å². The number of pyridine rings is 1. The summed E-state index contributed by atoms with van der Waals surface area (Å²) in [7, 11) is 0. The van der Waals surface area contributed by atoms with E-state index in [0.29, 0.717) is 5.56 Å². The zero-order chi connectivity index (χ0) is 17.9. The molecule has 2 aromatic carbocycles. The van der Waals surface area contributed by atoms with E-state index in [1.165, 1.54) is 35.7 Å². The average molecular weight is 341 g/mol. The number of hydrogen-bond acceptors (Lipinski definition) is 3. The lowest BCUT2D eigenvalue weighted by Gasteiger charge is -2.20. The van der Waals surface area contributed by atoms with Gasteiger partial charge in [-0.05, 0) is 66.8 Å². The SMILES string of the molecule is CC1CCCN1CCc1ccc2cc(-c3cncc(C#N)c3)ccc2c1. The first kappa shape index (κ1) is 16.8. The second-order valence-electron chi connectivity index (χ2n) is 7.25. The number of nitriles is 1. The minimum Gasteiger partial charge on any atom is -0.300 e. The first-order valence-corrected chi connectivity index (χ1v) is 9.35. The van der Waals surface area contributed by atoms with Crippen molar-refractivity contribution in [2.45, 2.75) is 32.2 Å². The highest BCUT2D eigenvalue weighted by molar-refractivity contribution is 5.87. The van der Waals surface area contributed by atoms with Crippen LogP contribution in [0, 0.1) is 11.3 Å². The first-order chi connectivity index (χ1) is 12.7. The predicted molar refractivity (Wildman–Crippen MR) is 106 cm³/mol. The molecule has 0 saturated carbocycles. The summed E-state index contributed by atoms with van der Waals surface area (Å²) in [5.41, 5.74) is 4.07. The van der Waals surface area contributed by atoms with Crippen LogP contribution in [0.4, 0.5) is 0 Å². The number of likely N-dealkylation sites (tertiary alicyclic amines) is 1. The van der Waals surface area contributed by atoms with Crippen LogP contribution in [0.25, 0.3) is 21.9 Å². The zero-order valence-electron chi connectivity index (χ0n) is 15.2. The maximum Gasteiger partial charge on any atom is 0.101 e. The van der Waals surface area contributed by atoms with Gasteiger partial charge in [-0.25, -0.2) is 0 Å². The van der Waals surface area contributed by atoms with Gasteiger partial charge < -0.3 is 4.90 Å². The van der Waals surface area contributed by atoms with Crippen LogP contribution >= 0.6 is 0 Å². The molecule has 1 saturated heterocycles. The Morgan fingerprint density at radius 3 is 2.73 bits per heavy atom. The van der Waals surface area contributed by atoms with E-state index in [1.807, 2.05) is 12.3 Å². The summed E-state index contributed by atoms with van der Waals surface area (Å²) in [4.78, 5) is 6.77. The molecule has 1 atom stereocenters. The Morgan fingerprint density at radius 1 is 1.08 bits per heavy atom. The summed E-state index contributed by atoms with van der Waals surface area (Å²) in [6, 6.07) is 18.0. The molecule has 2 heterocycles. The van der Waals surface area contributed by atoms with Gasteiger partial charge in [-0.15, -0.1) is 0 Å². The van der Waals surface area contributed by atoms with E-state index < -0.39 is 0 Å². The highest BCUT2D eigenvalue weighted by Gasteiger charge is 2.19. The highest BCUT2D eigenvalue weighted by Crippen LogP contribution is 2.26. The van der Waals surface area contributed by atoms with E-state index >= 15 is 0 Å². The van der Waals surface area contributed by atoms with Crippen molar-refractivity contribution in [3.63, 3.8) is 0 Å². The molecular weight excluding hydrogens is 318 g/mol. The maximum atomic E-state index is 9.06. The van der Waals surface area contributed by atoms with Crippen molar-refractivity contribution in [1.29, 1.82) is 5.26 Å². The smallest absolute Gasteiger partial charge is 0.101 e. The molecule has 130 valence electrons. The van der Waals surface area contributed by atoms with E-state index in [2.05, 4.69) is 59.3 Å². The molecule has 0 N–H and O–H groups in total. The standard InChI is InChI=1S/C23H23N3/c1-17-3-2-9-26(17)10-8-18-4-5-21-13-22(7-6-20(21)11-18)23-12-19(14-24)15-25-16-23/h4-7,11-13,15-17H,2-3,8-10H2,1H3. The lowest BCUT2D eigenvalue weighted by atomic mass is 9.99. The largest absolute Gasteiger partial charge is 0.300 e. The third kappa shape index (κ3) is 3.47. The van der Waals surface area contributed by atoms with Gasteiger partial charge in [0.15, 0.2) is 0 Å². The number of hydrogen-bond donors (Lipinski definition) is 0. The molecule has 26 heavy (non-hydrogen) atoms. The summed E-state index contributed by atoms with van der Waals surface area (Å²) in [5, 5.41) is 11.6. The van der Waals surface area contributed by atoms with Crippen LogP contribution in [0.15, 0.2) is 54.9 Å². The third-order valence-corrected chi connectivity index (χ3v) is 5.48. The van der Waals surface area contributed by atoms with E-state index in [9.17, 15) is 0 Å². The number of nitrogens with zero attached hydrogens (tertiary/aromatic N) is 3. The zero-order valence-corrected chi connectivity index (χ0v) is 15.2. The minimum absolute atomic E-state index is 0.592. The van der Waals surface area contributed by atoms with Crippen LogP contribution in [-0.2, 0) is 6.42 Å². The summed E-state index contributed by atoms with van der Waals surface area (Å²) >= 11 is 0. The maximum absolute atomic E-state index is 9.06. The van der Waals surface area contributed by atoms with Gasteiger partial charge in [-0.3, -0.25) is 4.98 Å². The molecule has 1 fully saturated rings. The van der Waals surface area contributed by atoms with Crippen molar-refractivity contribution in [3.8, 4) is 17.2 Å². The Hall–Kier alpha value is -2.70. The molecule has 3 aromatic rings. The van der Waals surface area contributed by atoms with E-state index in [4.69, 9.17) is 5.26 Å². The van der Waals surface area contributed by atoms with Gasteiger partial charge in [0.25, 0.3) is 0 Å². The highest BCUT2D eigenvalue weighted by atomic mass is 15.2. The number of benzene rings is 2. The van der Waals surface area contributed by atoms with Gasteiger partial charge in [-0.1, -0.05) is 30.3 Å². The molecule has 1 aromatic heterocycles. The first-order valence-electron chi connectivity index (χ1n) is 9.35. The average Bonchev–Trinajstić information content (AvgIpc) is 3.10. The Morgan fingerprint density at radius 2 is 1.92 bits per heavy atom. The van der Waals surface area contributed by atoms with Crippen molar-refractivity contribution in [2.75, 3.05) is 13.1 Å². The van der Waals surface area contributed by atoms with Gasteiger partial charge in [0.1, 0.15) is 6.07 Å². The minimum atomic E-state index is 0.592. The van der Waals surface area contributed by atoms with Crippen molar-refractivity contribution < 1.29 is 0 Å². The second-order valence-corrected chi connectivity index (χ2v) is 7.25. The molecule has 0 radical (unpaired) electrons. The lowest BCUT2D eigenvalue weighted by Crippen LogP contribution is -2.28. The van der Waals surface area contributed by atoms with Gasteiger partial charge in [0.2, 0.25) is 0 Å². The molecule has 1 unspecified atom stereocenters. The Labute approximate surface area is 154 Å². The van der Waals surface area contributed by atoms with Gasteiger partial charge in [0.05, 0.1) is 5.56 Å². The van der Waals surface area contributed by atoms with Crippen LogP contribution in [0.1, 0.15) is 30.9 Å². The molecule has 0 spiro atoms. The Balaban J connectivity index is 1.55. The van der Waals surface area contributed by atoms with Crippen LogP contribution in [0.2, 0.25) is 0 Å². The van der Waals surface area contributed by atoms with Crippen molar-refractivity contribution in [3.05, 3.63) is 66.0 Å². The van der Waals surface area contributed by atoms with Crippen LogP contribution < -0.4 is 0 Å². The van der Waals surface area contributed by atoms with Gasteiger partial charge in [0, 0.05) is 30.5 Å². The second kappa shape index (κ2) is 7.27. The van der Waals surface area contributed by atoms with Crippen molar-refractivity contribution in [1.82, 2.24) is 9.88 Å². The lowest BCUT2D eigenvalue weighted by molar-refractivity contribution is 0.272. The molecule has 3 nitrogen and oxygen atoms in total. The summed E-state index contributed by atoms with van der Waals surface area (Å²) in [6.07, 6.45) is 7.19. The molecule has 4 rings (SSSR count). The Bertz CT molecular complexity index is 971. The van der Waals surface area contributed by atoms with E-state index in [-0.39, 0.29) is 0 Å². The molecule has 3 heteroatoms. The van der Waals surface area contributed by atoms with Gasteiger partial charge in [-0.2, -0.15) is 5.26 Å². The molecule has 1 aliphatic rings. The normalized spacial score (nSPS) is 17.5. The van der Waals surface area contributed by atoms with E-state index in [1.54, 1.807) is 6.20 Å². The molecule has 0 amide bonds. The van der Waals surface area contributed by atoms with Crippen LogP contribution in [0.5, 0.6) is 0 Å². The Kier molecular flexibility index (Phi) is 4.69. The monoisotopic (exact) mass is 341 g/mol. The molecular formula is C23H23N3. The summed E-state index contributed by atoms with van der Waals surface area (Å²) < 4.78 is 0. The molecule has 0 bridgehead atoms. The fraction of sp³-hybridized carbons (Fsp3) is 0.304. The van der Waals surface area contributed by atoms with E-state index in [0.717, 1.165) is 30.1 Å². The fourth-order valence-corrected chi connectivity index (χ4v) is 3.89. The number of rotatable bonds is 4. The topological polar surface area (TPSA) is 39.9 Å². The fourth-order valence-electron chi connectivity index (χ4n) is 3.89. The molecule has 0 aliphatic carbocycles. The van der Waals surface area contributed by atoms with Crippen LogP contribution in [0.3, 0.4) is 0 Å². The van der Waals surface area contributed by atoms with Crippen molar-refractivity contribution in [2.24, 2.45) is 0 Å². The summed E-state index contributed by atoms with van der Waals surface area (Å²) in [5.74, 6) is 0. The quantitative estimate of drug-likeness (QED) is 0.684. The number of aromatic nitrogens is 1. The molecule has 1 aliphatic heterocycles. The summed E-state index contributed by atoms with van der Waals surface area (Å²) in [6.45, 7) is 4.73. The van der Waals surface area contributed by atoms with Crippen molar-refractivity contribution >= 4 is 10.8 Å². The number of fused-ring (bicyclic) bond motifs is 1.